The van der Waals surface area contributed by atoms with Gasteiger partial charge in [0.1, 0.15) is 5.60 Å². The van der Waals surface area contributed by atoms with Crippen LogP contribution in [0, 0.1) is 0 Å². The smallest absolute Gasteiger partial charge is 0.411 e. The molecule has 2 aliphatic rings. The van der Waals surface area contributed by atoms with Crippen LogP contribution in [-0.4, -0.2) is 28.7 Å². The minimum atomic E-state index is -0.431. The number of carbonyl (C=O) groups is 1. The van der Waals surface area contributed by atoms with Gasteiger partial charge in [0, 0.05) is 6.04 Å². The van der Waals surface area contributed by atoms with E-state index >= 15 is 0 Å². The monoisotopic (exact) mass is 285 g/mol. The lowest BCUT2D eigenvalue weighted by Crippen LogP contribution is -2.45. The van der Waals surface area contributed by atoms with Crippen molar-refractivity contribution in [2.75, 3.05) is 0 Å². The predicted molar refractivity (Wildman–Crippen MR) is 83.9 cm³/mol. The lowest BCUT2D eigenvalue weighted by atomic mass is 9.95. The maximum atomic E-state index is 12.4. The first-order chi connectivity index (χ1) is 9.94. The van der Waals surface area contributed by atoms with E-state index < -0.39 is 5.60 Å². The molecule has 3 heteroatoms. The zero-order chi connectivity index (χ0) is 15.0. The molecule has 2 bridgehead atoms. The van der Waals surface area contributed by atoms with Crippen LogP contribution in [0.1, 0.15) is 45.6 Å². The molecular weight excluding hydrogens is 262 g/mol. The number of rotatable bonds is 1. The molecule has 21 heavy (non-hydrogen) atoms. The van der Waals surface area contributed by atoms with E-state index in [1.165, 1.54) is 11.1 Å². The van der Waals surface area contributed by atoms with Gasteiger partial charge in [-0.05, 0) is 51.2 Å². The van der Waals surface area contributed by atoms with Crippen LogP contribution in [0.25, 0.3) is 5.57 Å². The van der Waals surface area contributed by atoms with Gasteiger partial charge in [0.2, 0.25) is 0 Å². The summed E-state index contributed by atoms with van der Waals surface area (Å²) in [6, 6.07) is 10.9. The Hall–Kier alpha value is -1.77. The van der Waals surface area contributed by atoms with E-state index in [1.807, 2.05) is 31.7 Å². The quantitative estimate of drug-likeness (QED) is 0.772. The zero-order valence-corrected chi connectivity index (χ0v) is 13.0. The molecular formula is C18H23NO2. The molecule has 1 aromatic rings. The summed E-state index contributed by atoms with van der Waals surface area (Å²) in [5.74, 6) is 0. The number of nitrogens with zero attached hydrogens (tertiary/aromatic N) is 1. The lowest BCUT2D eigenvalue weighted by Gasteiger charge is -2.35. The molecule has 1 fully saturated rings. The topological polar surface area (TPSA) is 29.5 Å². The van der Waals surface area contributed by atoms with Gasteiger partial charge in [0.05, 0.1) is 6.04 Å². The Bertz CT molecular complexity index is 556. The summed E-state index contributed by atoms with van der Waals surface area (Å²) < 4.78 is 5.56. The number of ether oxygens (including phenoxy) is 1. The summed E-state index contributed by atoms with van der Waals surface area (Å²) in [7, 11) is 0. The van der Waals surface area contributed by atoms with Crippen molar-refractivity contribution in [2.45, 2.75) is 57.7 Å². The fourth-order valence-electron chi connectivity index (χ4n) is 3.30. The van der Waals surface area contributed by atoms with Crippen LogP contribution in [0.4, 0.5) is 4.79 Å². The van der Waals surface area contributed by atoms with Crippen LogP contribution in [0.3, 0.4) is 0 Å². The normalized spacial score (nSPS) is 24.7. The van der Waals surface area contributed by atoms with Gasteiger partial charge in [0.15, 0.2) is 0 Å². The molecule has 1 amide bonds. The minimum absolute atomic E-state index is 0.168. The Morgan fingerprint density at radius 3 is 2.52 bits per heavy atom. The van der Waals surface area contributed by atoms with Gasteiger partial charge >= 0.3 is 6.09 Å². The maximum absolute atomic E-state index is 12.4. The number of carbonyl (C=O) groups excluding carboxylic acids is 1. The molecule has 2 unspecified atom stereocenters. The predicted octanol–water partition coefficient (Wildman–Crippen LogP) is 4.24. The molecule has 1 saturated heterocycles. The molecule has 3 nitrogen and oxygen atoms in total. The molecule has 2 atom stereocenters. The molecule has 3 rings (SSSR count). The molecule has 1 aromatic carbocycles. The van der Waals surface area contributed by atoms with Crippen LogP contribution < -0.4 is 0 Å². The lowest BCUT2D eigenvalue weighted by molar-refractivity contribution is 0.0175. The maximum Gasteiger partial charge on any atom is 0.411 e. The molecule has 112 valence electrons. The van der Waals surface area contributed by atoms with Crippen LogP contribution in [0.2, 0.25) is 0 Å². The van der Waals surface area contributed by atoms with Gasteiger partial charge in [-0.15, -0.1) is 0 Å². The number of hydrogen-bond donors (Lipinski definition) is 0. The molecule has 0 spiro atoms. The first-order valence-electron chi connectivity index (χ1n) is 7.71. The highest BCUT2D eigenvalue weighted by molar-refractivity contribution is 5.75. The first-order valence-corrected chi connectivity index (χ1v) is 7.71. The Balaban J connectivity index is 1.80. The van der Waals surface area contributed by atoms with E-state index in [1.54, 1.807) is 0 Å². The minimum Gasteiger partial charge on any atom is -0.444 e. The van der Waals surface area contributed by atoms with Gasteiger partial charge in [-0.25, -0.2) is 4.79 Å². The number of benzene rings is 1. The van der Waals surface area contributed by atoms with E-state index in [0.717, 1.165) is 19.3 Å². The molecule has 0 saturated carbocycles. The molecule has 2 heterocycles. The first kappa shape index (κ1) is 14.2. The van der Waals surface area contributed by atoms with Crippen molar-refractivity contribution >= 4 is 11.7 Å². The summed E-state index contributed by atoms with van der Waals surface area (Å²) in [5.41, 5.74) is 2.21. The highest BCUT2D eigenvalue weighted by Gasteiger charge is 2.41. The van der Waals surface area contributed by atoms with Crippen molar-refractivity contribution < 1.29 is 9.53 Å². The summed E-state index contributed by atoms with van der Waals surface area (Å²) in [6.07, 6.45) is 5.12. The van der Waals surface area contributed by atoms with E-state index in [0.29, 0.717) is 0 Å². The van der Waals surface area contributed by atoms with Crippen molar-refractivity contribution in [2.24, 2.45) is 0 Å². The highest BCUT2D eigenvalue weighted by Crippen LogP contribution is 2.39. The Kier molecular flexibility index (Phi) is 3.52. The second-order valence-electron chi connectivity index (χ2n) is 6.95. The standard InChI is InChI=1S/C18H23NO2/c1-18(2,3)21-17(20)19-15-9-10-16(19)12-14(11-15)13-7-5-4-6-8-13/h4-8,11,15-16H,9-10,12H2,1-3H3. The van der Waals surface area contributed by atoms with Gasteiger partial charge in [-0.2, -0.15) is 0 Å². The van der Waals surface area contributed by atoms with Crippen molar-refractivity contribution in [1.29, 1.82) is 0 Å². The SMILES string of the molecule is CC(C)(C)OC(=O)N1C2C=C(c3ccccc3)CC1CC2. The summed E-state index contributed by atoms with van der Waals surface area (Å²) >= 11 is 0. The number of amides is 1. The largest absolute Gasteiger partial charge is 0.444 e. The van der Waals surface area contributed by atoms with Crippen molar-refractivity contribution in [3.63, 3.8) is 0 Å². The zero-order valence-electron chi connectivity index (χ0n) is 13.0. The highest BCUT2D eigenvalue weighted by atomic mass is 16.6. The van der Waals surface area contributed by atoms with Crippen molar-refractivity contribution in [3.05, 3.63) is 42.0 Å². The van der Waals surface area contributed by atoms with Crippen LogP contribution in [-0.2, 0) is 4.74 Å². The number of fused-ring (bicyclic) bond motifs is 2. The molecule has 0 radical (unpaired) electrons. The summed E-state index contributed by atoms with van der Waals surface area (Å²) in [5, 5.41) is 0. The third-order valence-electron chi connectivity index (χ3n) is 4.14. The third-order valence-corrected chi connectivity index (χ3v) is 4.14. The fourth-order valence-corrected chi connectivity index (χ4v) is 3.30. The molecule has 0 N–H and O–H groups in total. The van der Waals surface area contributed by atoms with Crippen LogP contribution >= 0.6 is 0 Å². The average Bonchev–Trinajstić information content (AvgIpc) is 2.69. The van der Waals surface area contributed by atoms with Gasteiger partial charge < -0.3 is 4.74 Å². The Labute approximate surface area is 126 Å². The van der Waals surface area contributed by atoms with Crippen molar-refractivity contribution in [1.82, 2.24) is 4.90 Å². The van der Waals surface area contributed by atoms with E-state index in [4.69, 9.17) is 4.74 Å². The van der Waals surface area contributed by atoms with Crippen LogP contribution in [0.15, 0.2) is 36.4 Å². The van der Waals surface area contributed by atoms with E-state index in [2.05, 4.69) is 30.3 Å². The fraction of sp³-hybridized carbons (Fsp3) is 0.500. The third kappa shape index (κ3) is 2.97. The average molecular weight is 285 g/mol. The van der Waals surface area contributed by atoms with E-state index in [-0.39, 0.29) is 18.2 Å². The van der Waals surface area contributed by atoms with Crippen LogP contribution in [0.5, 0.6) is 0 Å². The number of hydrogen-bond acceptors (Lipinski definition) is 2. The van der Waals surface area contributed by atoms with Gasteiger partial charge in [-0.3, -0.25) is 4.90 Å². The van der Waals surface area contributed by atoms with Gasteiger partial charge in [-0.1, -0.05) is 36.4 Å². The van der Waals surface area contributed by atoms with E-state index in [9.17, 15) is 4.79 Å². The second-order valence-corrected chi connectivity index (χ2v) is 6.95. The Morgan fingerprint density at radius 2 is 1.90 bits per heavy atom. The second kappa shape index (κ2) is 5.21. The summed E-state index contributed by atoms with van der Waals surface area (Å²) in [6.45, 7) is 5.76. The van der Waals surface area contributed by atoms with Gasteiger partial charge in [0.25, 0.3) is 0 Å². The van der Waals surface area contributed by atoms with Crippen molar-refractivity contribution in [3.8, 4) is 0 Å². The molecule has 0 aromatic heterocycles. The summed E-state index contributed by atoms with van der Waals surface area (Å²) in [4.78, 5) is 14.3. The molecule has 0 aliphatic carbocycles. The molecule has 2 aliphatic heterocycles. The Morgan fingerprint density at radius 1 is 1.19 bits per heavy atom.